The SMILES string of the molecule is N#Cc1cc(F)c(CNC2CCN(Cc3ccccc3)CC2)c(F)c1. The van der Waals surface area contributed by atoms with Crippen LogP contribution in [-0.4, -0.2) is 24.0 Å². The highest BCUT2D eigenvalue weighted by Crippen LogP contribution is 2.18. The number of halogens is 2. The molecule has 25 heavy (non-hydrogen) atoms. The fourth-order valence-corrected chi connectivity index (χ4v) is 3.22. The Morgan fingerprint density at radius 3 is 2.32 bits per heavy atom. The van der Waals surface area contributed by atoms with Gasteiger partial charge in [0.1, 0.15) is 11.6 Å². The molecule has 2 aromatic carbocycles. The van der Waals surface area contributed by atoms with Crippen molar-refractivity contribution in [2.75, 3.05) is 13.1 Å². The summed E-state index contributed by atoms with van der Waals surface area (Å²) in [7, 11) is 0. The van der Waals surface area contributed by atoms with E-state index in [1.54, 1.807) is 6.07 Å². The summed E-state index contributed by atoms with van der Waals surface area (Å²) in [6.45, 7) is 3.01. The predicted octanol–water partition coefficient (Wildman–Crippen LogP) is 3.59. The second kappa shape index (κ2) is 8.19. The van der Waals surface area contributed by atoms with Gasteiger partial charge in [-0.2, -0.15) is 5.26 Å². The van der Waals surface area contributed by atoms with Crippen molar-refractivity contribution in [1.82, 2.24) is 10.2 Å². The van der Waals surface area contributed by atoms with Crippen molar-refractivity contribution in [2.45, 2.75) is 32.0 Å². The van der Waals surface area contributed by atoms with Gasteiger partial charge in [0.05, 0.1) is 11.6 Å². The zero-order valence-electron chi connectivity index (χ0n) is 14.0. The molecule has 0 bridgehead atoms. The van der Waals surface area contributed by atoms with Crippen molar-refractivity contribution in [3.8, 4) is 6.07 Å². The summed E-state index contributed by atoms with van der Waals surface area (Å²) in [5.41, 5.74) is 1.31. The molecule has 1 heterocycles. The van der Waals surface area contributed by atoms with Gasteiger partial charge in [-0.25, -0.2) is 8.78 Å². The second-order valence-electron chi connectivity index (χ2n) is 6.45. The molecule has 3 rings (SSSR count). The molecule has 1 aliphatic heterocycles. The number of hydrogen-bond acceptors (Lipinski definition) is 3. The van der Waals surface area contributed by atoms with Gasteiger partial charge < -0.3 is 5.32 Å². The lowest BCUT2D eigenvalue weighted by atomic mass is 10.0. The van der Waals surface area contributed by atoms with Gasteiger partial charge in [-0.1, -0.05) is 30.3 Å². The fourth-order valence-electron chi connectivity index (χ4n) is 3.22. The van der Waals surface area contributed by atoms with Crippen LogP contribution in [0.3, 0.4) is 0 Å². The van der Waals surface area contributed by atoms with Crippen LogP contribution in [0.4, 0.5) is 8.78 Å². The number of piperidine rings is 1. The molecule has 0 atom stereocenters. The Bertz CT molecular complexity index is 724. The molecule has 1 aliphatic rings. The summed E-state index contributed by atoms with van der Waals surface area (Å²) < 4.78 is 27.8. The van der Waals surface area contributed by atoms with Gasteiger partial charge in [0.15, 0.2) is 0 Å². The lowest BCUT2D eigenvalue weighted by Gasteiger charge is -2.32. The molecule has 5 heteroatoms. The van der Waals surface area contributed by atoms with E-state index in [1.807, 2.05) is 18.2 Å². The summed E-state index contributed by atoms with van der Waals surface area (Å²) in [6.07, 6.45) is 1.90. The average molecular weight is 341 g/mol. The Labute approximate surface area is 146 Å². The van der Waals surface area contributed by atoms with Crippen molar-refractivity contribution in [3.63, 3.8) is 0 Å². The van der Waals surface area contributed by atoms with Crippen molar-refractivity contribution in [3.05, 3.63) is 70.8 Å². The predicted molar refractivity (Wildman–Crippen MR) is 92.7 cm³/mol. The molecule has 0 radical (unpaired) electrons. The van der Waals surface area contributed by atoms with E-state index < -0.39 is 11.6 Å². The first-order chi connectivity index (χ1) is 12.2. The van der Waals surface area contributed by atoms with Crippen LogP contribution < -0.4 is 5.32 Å². The van der Waals surface area contributed by atoms with Crippen LogP contribution in [0.1, 0.15) is 29.5 Å². The topological polar surface area (TPSA) is 39.1 Å². The molecule has 0 spiro atoms. The van der Waals surface area contributed by atoms with Gasteiger partial charge >= 0.3 is 0 Å². The van der Waals surface area contributed by atoms with Crippen LogP contribution in [0.5, 0.6) is 0 Å². The molecule has 0 aliphatic carbocycles. The molecule has 130 valence electrons. The van der Waals surface area contributed by atoms with E-state index in [-0.39, 0.29) is 23.7 Å². The highest BCUT2D eigenvalue weighted by Gasteiger charge is 2.20. The minimum Gasteiger partial charge on any atom is -0.310 e. The molecule has 0 amide bonds. The number of nitrogens with one attached hydrogen (secondary N) is 1. The van der Waals surface area contributed by atoms with E-state index in [0.717, 1.165) is 44.6 Å². The molecular formula is C20H21F2N3. The Kier molecular flexibility index (Phi) is 5.75. The normalized spacial score (nSPS) is 15.9. The number of benzene rings is 2. The van der Waals surface area contributed by atoms with E-state index in [1.165, 1.54) is 5.56 Å². The van der Waals surface area contributed by atoms with Crippen LogP contribution in [0.2, 0.25) is 0 Å². The van der Waals surface area contributed by atoms with Gasteiger partial charge in [0, 0.05) is 24.7 Å². The third-order valence-corrected chi connectivity index (χ3v) is 4.67. The molecule has 2 aromatic rings. The molecule has 0 unspecified atom stereocenters. The Balaban J connectivity index is 1.49. The zero-order valence-corrected chi connectivity index (χ0v) is 14.0. The standard InChI is InChI=1S/C20H21F2N3/c21-19-10-16(12-23)11-20(22)18(19)13-24-17-6-8-25(9-7-17)14-15-4-2-1-3-5-15/h1-5,10-11,17,24H,6-9,13-14H2. The maximum atomic E-state index is 13.9. The number of hydrogen-bond donors (Lipinski definition) is 1. The number of nitriles is 1. The van der Waals surface area contributed by atoms with Gasteiger partial charge in [-0.15, -0.1) is 0 Å². The molecule has 0 aromatic heterocycles. The van der Waals surface area contributed by atoms with Gasteiger partial charge in [0.25, 0.3) is 0 Å². The maximum absolute atomic E-state index is 13.9. The third kappa shape index (κ3) is 4.62. The minimum absolute atomic E-state index is 0.00529. The first kappa shape index (κ1) is 17.5. The third-order valence-electron chi connectivity index (χ3n) is 4.67. The Morgan fingerprint density at radius 1 is 1.08 bits per heavy atom. The first-order valence-electron chi connectivity index (χ1n) is 8.53. The fraction of sp³-hybridized carbons (Fsp3) is 0.350. The summed E-state index contributed by atoms with van der Waals surface area (Å²) in [6, 6.07) is 14.5. The van der Waals surface area contributed by atoms with E-state index in [2.05, 4.69) is 22.3 Å². The number of rotatable bonds is 5. The van der Waals surface area contributed by atoms with Crippen LogP contribution in [0.15, 0.2) is 42.5 Å². The van der Waals surface area contributed by atoms with Gasteiger partial charge in [-0.05, 0) is 43.6 Å². The molecule has 1 fully saturated rings. The zero-order chi connectivity index (χ0) is 17.6. The van der Waals surface area contributed by atoms with Crippen molar-refractivity contribution >= 4 is 0 Å². The van der Waals surface area contributed by atoms with Crippen molar-refractivity contribution in [1.29, 1.82) is 5.26 Å². The summed E-state index contributed by atoms with van der Waals surface area (Å²) in [5.74, 6) is -1.32. The highest BCUT2D eigenvalue weighted by atomic mass is 19.1. The van der Waals surface area contributed by atoms with Crippen molar-refractivity contribution in [2.24, 2.45) is 0 Å². The van der Waals surface area contributed by atoms with Gasteiger partial charge in [0.2, 0.25) is 0 Å². The van der Waals surface area contributed by atoms with Crippen LogP contribution in [0.25, 0.3) is 0 Å². The molecular weight excluding hydrogens is 320 g/mol. The first-order valence-corrected chi connectivity index (χ1v) is 8.53. The molecule has 3 nitrogen and oxygen atoms in total. The van der Waals surface area contributed by atoms with Crippen LogP contribution in [-0.2, 0) is 13.1 Å². The average Bonchev–Trinajstić information content (AvgIpc) is 2.63. The molecule has 1 saturated heterocycles. The quantitative estimate of drug-likeness (QED) is 0.903. The maximum Gasteiger partial charge on any atom is 0.131 e. The Hall–Kier alpha value is -2.29. The lowest BCUT2D eigenvalue weighted by Crippen LogP contribution is -2.42. The number of likely N-dealkylation sites (tertiary alicyclic amines) is 1. The van der Waals surface area contributed by atoms with E-state index in [0.29, 0.717) is 0 Å². The second-order valence-corrected chi connectivity index (χ2v) is 6.45. The number of nitrogens with zero attached hydrogens (tertiary/aromatic N) is 2. The highest BCUT2D eigenvalue weighted by molar-refractivity contribution is 5.34. The summed E-state index contributed by atoms with van der Waals surface area (Å²) >= 11 is 0. The minimum atomic E-state index is -0.662. The monoisotopic (exact) mass is 341 g/mol. The summed E-state index contributed by atoms with van der Waals surface area (Å²) in [4.78, 5) is 2.40. The Morgan fingerprint density at radius 2 is 1.72 bits per heavy atom. The lowest BCUT2D eigenvalue weighted by molar-refractivity contribution is 0.189. The van der Waals surface area contributed by atoms with Gasteiger partial charge in [-0.3, -0.25) is 4.90 Å². The smallest absolute Gasteiger partial charge is 0.131 e. The molecule has 1 N–H and O–H groups in total. The summed E-state index contributed by atoms with van der Waals surface area (Å²) in [5, 5.41) is 12.0. The van der Waals surface area contributed by atoms with E-state index >= 15 is 0 Å². The van der Waals surface area contributed by atoms with E-state index in [9.17, 15) is 8.78 Å². The largest absolute Gasteiger partial charge is 0.310 e. The van der Waals surface area contributed by atoms with Crippen molar-refractivity contribution < 1.29 is 8.78 Å². The van der Waals surface area contributed by atoms with E-state index in [4.69, 9.17) is 5.26 Å². The van der Waals surface area contributed by atoms with Crippen LogP contribution in [0, 0.1) is 23.0 Å². The van der Waals surface area contributed by atoms with Crippen LogP contribution >= 0.6 is 0 Å². The molecule has 0 saturated carbocycles.